The number of allylic oxidation sites excluding steroid dienone is 1. The Kier molecular flexibility index (Phi) is 2.82. The van der Waals surface area contributed by atoms with E-state index in [-0.39, 0.29) is 11.4 Å². The molecular weight excluding hydrogens is 182 g/mol. The molecule has 0 aromatic heterocycles. The lowest BCUT2D eigenvalue weighted by atomic mass is 10.1. The number of non-ortho nitro benzene ring substituents is 1. The van der Waals surface area contributed by atoms with Crippen LogP contribution in [0.2, 0.25) is 0 Å². The molecule has 0 unspecified atom stereocenters. The van der Waals surface area contributed by atoms with Crippen molar-refractivity contribution in [1.29, 1.82) is 5.26 Å². The Balaban J connectivity index is 3.13. The van der Waals surface area contributed by atoms with Crippen LogP contribution in [-0.2, 0) is 0 Å². The average molecular weight is 189 g/mol. The molecule has 1 aromatic carbocycles. The predicted molar refractivity (Wildman–Crippen MR) is 50.9 cm³/mol. The third kappa shape index (κ3) is 2.08. The van der Waals surface area contributed by atoms with Crippen molar-refractivity contribution < 1.29 is 4.92 Å². The maximum absolute atomic E-state index is 10.4. The molecule has 0 radical (unpaired) electrons. The second-order valence-electron chi connectivity index (χ2n) is 2.54. The van der Waals surface area contributed by atoms with Gasteiger partial charge in [-0.1, -0.05) is 12.1 Å². The highest BCUT2D eigenvalue weighted by atomic mass is 16.6. The first kappa shape index (κ1) is 9.74. The van der Waals surface area contributed by atoms with E-state index in [0.29, 0.717) is 5.56 Å². The molecule has 0 heterocycles. The van der Waals surface area contributed by atoms with Crippen molar-refractivity contribution in [3.05, 3.63) is 46.0 Å². The van der Waals surface area contributed by atoms with Gasteiger partial charge in [-0.2, -0.15) is 5.26 Å². The van der Waals surface area contributed by atoms with Gasteiger partial charge >= 0.3 is 0 Å². The molecule has 0 bridgehead atoms. The molecule has 0 spiro atoms. The lowest BCUT2D eigenvalue weighted by Gasteiger charge is -1.98. The molecule has 0 atom stereocenters. The Labute approximate surface area is 80.2 Å². The van der Waals surface area contributed by atoms with Crippen LogP contribution in [0.15, 0.2) is 30.3 Å². The Hall–Kier alpha value is -2.35. The van der Waals surface area contributed by atoms with Gasteiger partial charge in [0.2, 0.25) is 0 Å². The van der Waals surface area contributed by atoms with Crippen molar-refractivity contribution in [2.45, 2.75) is 0 Å². The van der Waals surface area contributed by atoms with E-state index in [0.717, 1.165) is 6.08 Å². The fraction of sp³-hybridized carbons (Fsp3) is 0. The molecule has 5 heteroatoms. The van der Waals surface area contributed by atoms with Crippen molar-refractivity contribution in [1.82, 2.24) is 0 Å². The molecule has 70 valence electrons. The van der Waals surface area contributed by atoms with Crippen molar-refractivity contribution in [3.8, 4) is 6.07 Å². The molecule has 5 nitrogen and oxygen atoms in total. The van der Waals surface area contributed by atoms with Crippen LogP contribution in [0.3, 0.4) is 0 Å². The van der Waals surface area contributed by atoms with E-state index in [1.807, 2.05) is 0 Å². The van der Waals surface area contributed by atoms with Crippen LogP contribution in [0, 0.1) is 21.4 Å². The van der Waals surface area contributed by atoms with Crippen molar-refractivity contribution in [3.63, 3.8) is 0 Å². The molecule has 2 N–H and O–H groups in total. The molecule has 1 aromatic rings. The molecule has 14 heavy (non-hydrogen) atoms. The van der Waals surface area contributed by atoms with E-state index >= 15 is 0 Å². The summed E-state index contributed by atoms with van der Waals surface area (Å²) in [4.78, 5) is 9.90. The van der Waals surface area contributed by atoms with Gasteiger partial charge in [-0.25, -0.2) is 0 Å². The van der Waals surface area contributed by atoms with Gasteiger partial charge in [-0.05, 0) is 0 Å². The van der Waals surface area contributed by atoms with Crippen LogP contribution in [0.1, 0.15) is 5.56 Å². The summed E-state index contributed by atoms with van der Waals surface area (Å²) in [6.07, 6.45) is 1.14. The standard InChI is InChI=1S/C9H7N3O2/c10-5-4-9(11)7-2-1-3-8(6-7)12(13)14/h1-4,6H,11H2/b9-4+. The van der Waals surface area contributed by atoms with E-state index in [1.165, 1.54) is 18.2 Å². The molecule has 0 aliphatic heterocycles. The van der Waals surface area contributed by atoms with Crippen LogP contribution in [-0.4, -0.2) is 4.92 Å². The predicted octanol–water partition coefficient (Wildman–Crippen LogP) is 1.42. The van der Waals surface area contributed by atoms with E-state index in [2.05, 4.69) is 0 Å². The number of hydrogen-bond donors (Lipinski definition) is 1. The molecule has 0 aliphatic carbocycles. The zero-order valence-electron chi connectivity index (χ0n) is 7.18. The normalized spacial score (nSPS) is 10.6. The summed E-state index contributed by atoms with van der Waals surface area (Å²) in [5.41, 5.74) is 6.14. The number of rotatable bonds is 2. The fourth-order valence-corrected chi connectivity index (χ4v) is 0.952. The highest BCUT2D eigenvalue weighted by molar-refractivity contribution is 5.66. The highest BCUT2D eigenvalue weighted by Crippen LogP contribution is 2.16. The van der Waals surface area contributed by atoms with Crippen molar-refractivity contribution in [2.75, 3.05) is 0 Å². The van der Waals surface area contributed by atoms with Gasteiger partial charge in [0.1, 0.15) is 0 Å². The minimum Gasteiger partial charge on any atom is -0.398 e. The third-order valence-corrected chi connectivity index (χ3v) is 1.61. The topological polar surface area (TPSA) is 93.0 Å². The first-order chi connectivity index (χ1) is 6.65. The van der Waals surface area contributed by atoms with Crippen LogP contribution < -0.4 is 5.73 Å². The molecule has 0 amide bonds. The summed E-state index contributed by atoms with van der Waals surface area (Å²) in [6.45, 7) is 0. The lowest BCUT2D eigenvalue weighted by Crippen LogP contribution is -1.97. The summed E-state index contributed by atoms with van der Waals surface area (Å²) in [5, 5.41) is 18.8. The highest BCUT2D eigenvalue weighted by Gasteiger charge is 2.06. The second kappa shape index (κ2) is 4.05. The van der Waals surface area contributed by atoms with E-state index in [4.69, 9.17) is 11.0 Å². The summed E-state index contributed by atoms with van der Waals surface area (Å²) >= 11 is 0. The first-order valence-electron chi connectivity index (χ1n) is 3.75. The van der Waals surface area contributed by atoms with Crippen LogP contribution >= 0.6 is 0 Å². The minimum atomic E-state index is -0.511. The lowest BCUT2D eigenvalue weighted by molar-refractivity contribution is -0.384. The van der Waals surface area contributed by atoms with Crippen LogP contribution in [0.25, 0.3) is 5.70 Å². The number of benzene rings is 1. The maximum Gasteiger partial charge on any atom is 0.270 e. The van der Waals surface area contributed by atoms with Crippen LogP contribution in [0.5, 0.6) is 0 Å². The Bertz CT molecular complexity index is 432. The number of hydrogen-bond acceptors (Lipinski definition) is 4. The number of nitrogens with zero attached hydrogens (tertiary/aromatic N) is 2. The van der Waals surface area contributed by atoms with Crippen molar-refractivity contribution >= 4 is 11.4 Å². The molecule has 0 saturated carbocycles. The zero-order valence-corrected chi connectivity index (χ0v) is 7.18. The van der Waals surface area contributed by atoms with Gasteiger partial charge in [-0.15, -0.1) is 0 Å². The number of nitrogens with two attached hydrogens (primary N) is 1. The Morgan fingerprint density at radius 3 is 2.93 bits per heavy atom. The van der Waals surface area contributed by atoms with E-state index < -0.39 is 4.92 Å². The SMILES string of the molecule is N#C/C=C(/N)c1cccc([N+](=O)[O-])c1. The van der Waals surface area contributed by atoms with Gasteiger partial charge < -0.3 is 5.73 Å². The number of nitriles is 1. The summed E-state index contributed by atoms with van der Waals surface area (Å²) < 4.78 is 0. The number of nitro benzene ring substituents is 1. The largest absolute Gasteiger partial charge is 0.398 e. The second-order valence-corrected chi connectivity index (χ2v) is 2.54. The summed E-state index contributed by atoms with van der Waals surface area (Å²) in [7, 11) is 0. The molecule has 1 rings (SSSR count). The summed E-state index contributed by atoms with van der Waals surface area (Å²) in [5.74, 6) is 0. The molecule has 0 aliphatic rings. The molecular formula is C9H7N3O2. The Morgan fingerprint density at radius 2 is 2.36 bits per heavy atom. The van der Waals surface area contributed by atoms with E-state index in [1.54, 1.807) is 12.1 Å². The van der Waals surface area contributed by atoms with Gasteiger partial charge in [-0.3, -0.25) is 10.1 Å². The first-order valence-corrected chi connectivity index (χ1v) is 3.75. The quantitative estimate of drug-likeness (QED) is 0.432. The number of nitro groups is 1. The smallest absolute Gasteiger partial charge is 0.270 e. The van der Waals surface area contributed by atoms with Gasteiger partial charge in [0.25, 0.3) is 5.69 Å². The minimum absolute atomic E-state index is 0.0446. The summed E-state index contributed by atoms with van der Waals surface area (Å²) in [6, 6.07) is 7.57. The van der Waals surface area contributed by atoms with Crippen LogP contribution in [0.4, 0.5) is 5.69 Å². The maximum atomic E-state index is 10.4. The molecule has 0 saturated heterocycles. The van der Waals surface area contributed by atoms with E-state index in [9.17, 15) is 10.1 Å². The monoisotopic (exact) mass is 189 g/mol. The van der Waals surface area contributed by atoms with Gasteiger partial charge in [0.15, 0.2) is 0 Å². The van der Waals surface area contributed by atoms with Gasteiger partial charge in [0.05, 0.1) is 11.0 Å². The molecule has 0 fully saturated rings. The third-order valence-electron chi connectivity index (χ3n) is 1.61. The van der Waals surface area contributed by atoms with Gasteiger partial charge in [0, 0.05) is 29.5 Å². The van der Waals surface area contributed by atoms with Crippen molar-refractivity contribution in [2.24, 2.45) is 5.73 Å². The Morgan fingerprint density at radius 1 is 1.64 bits per heavy atom. The average Bonchev–Trinajstić information content (AvgIpc) is 2.18. The zero-order chi connectivity index (χ0) is 10.6. The fourth-order valence-electron chi connectivity index (χ4n) is 0.952.